The average Bonchev–Trinajstić information content (AvgIpc) is 2.41. The molecule has 0 aliphatic carbocycles. The van der Waals surface area contributed by atoms with E-state index in [9.17, 15) is 14.9 Å². The Balaban J connectivity index is 2.37. The summed E-state index contributed by atoms with van der Waals surface area (Å²) < 4.78 is 0. The SMILES string of the molecule is O=C(O)c1ccnc(Sc2ccc(Cl)cc2[N+](=O)[O-])c1. The fraction of sp³-hybridized carbons (Fsp3) is 0. The van der Waals surface area contributed by atoms with Crippen LogP contribution in [-0.2, 0) is 0 Å². The van der Waals surface area contributed by atoms with Crippen LogP contribution in [0.5, 0.6) is 0 Å². The van der Waals surface area contributed by atoms with Gasteiger partial charge < -0.3 is 5.11 Å². The summed E-state index contributed by atoms with van der Waals surface area (Å²) in [6.07, 6.45) is 1.34. The number of pyridine rings is 1. The van der Waals surface area contributed by atoms with Crippen molar-refractivity contribution in [2.45, 2.75) is 9.92 Å². The van der Waals surface area contributed by atoms with E-state index in [4.69, 9.17) is 16.7 Å². The van der Waals surface area contributed by atoms with Crippen LogP contribution in [-0.4, -0.2) is 21.0 Å². The second-order valence-corrected chi connectivity index (χ2v) is 5.16. The van der Waals surface area contributed by atoms with Crippen LogP contribution in [0.15, 0.2) is 46.5 Å². The third kappa shape index (κ3) is 3.25. The van der Waals surface area contributed by atoms with Crippen molar-refractivity contribution in [1.82, 2.24) is 4.98 Å². The Kier molecular flexibility index (Phi) is 4.21. The second kappa shape index (κ2) is 5.89. The summed E-state index contributed by atoms with van der Waals surface area (Å²) >= 11 is 6.73. The summed E-state index contributed by atoms with van der Waals surface area (Å²) in [6.45, 7) is 0. The van der Waals surface area contributed by atoms with Crippen molar-refractivity contribution in [1.29, 1.82) is 0 Å². The van der Waals surface area contributed by atoms with Crippen molar-refractivity contribution in [3.05, 3.63) is 57.2 Å². The Hall–Kier alpha value is -2.12. The van der Waals surface area contributed by atoms with Crippen LogP contribution in [0.2, 0.25) is 5.02 Å². The summed E-state index contributed by atoms with van der Waals surface area (Å²) in [5, 5.41) is 20.5. The summed E-state index contributed by atoms with van der Waals surface area (Å²) in [5.41, 5.74) is -0.0795. The quantitative estimate of drug-likeness (QED) is 0.686. The number of nitro groups is 1. The molecular formula is C12H7ClN2O4S. The van der Waals surface area contributed by atoms with Gasteiger partial charge in [0.2, 0.25) is 0 Å². The third-order valence-corrected chi connectivity index (χ3v) is 3.55. The van der Waals surface area contributed by atoms with Crippen LogP contribution in [0.4, 0.5) is 5.69 Å². The maximum absolute atomic E-state index is 11.0. The highest BCUT2D eigenvalue weighted by atomic mass is 35.5. The molecule has 0 radical (unpaired) electrons. The van der Waals surface area contributed by atoms with Crippen molar-refractivity contribution in [3.63, 3.8) is 0 Å². The highest BCUT2D eigenvalue weighted by Gasteiger charge is 2.16. The highest BCUT2D eigenvalue weighted by molar-refractivity contribution is 7.99. The average molecular weight is 311 g/mol. The van der Waals surface area contributed by atoms with Crippen molar-refractivity contribution < 1.29 is 14.8 Å². The minimum Gasteiger partial charge on any atom is -0.478 e. The van der Waals surface area contributed by atoms with Crippen LogP contribution in [0.3, 0.4) is 0 Å². The molecule has 2 aromatic rings. The zero-order chi connectivity index (χ0) is 14.7. The number of rotatable bonds is 4. The molecule has 1 aromatic carbocycles. The second-order valence-electron chi connectivity index (χ2n) is 3.66. The molecule has 8 heteroatoms. The summed E-state index contributed by atoms with van der Waals surface area (Å²) in [5.74, 6) is -1.08. The van der Waals surface area contributed by atoms with Gasteiger partial charge in [0.1, 0.15) is 5.03 Å². The molecule has 0 fully saturated rings. The first-order valence-corrected chi connectivity index (χ1v) is 6.48. The highest BCUT2D eigenvalue weighted by Crippen LogP contribution is 2.35. The number of benzene rings is 1. The number of nitro benzene ring substituents is 1. The van der Waals surface area contributed by atoms with Crippen LogP contribution < -0.4 is 0 Å². The largest absolute Gasteiger partial charge is 0.478 e. The number of hydrogen-bond donors (Lipinski definition) is 1. The van der Waals surface area contributed by atoms with Crippen molar-refractivity contribution >= 4 is 35.0 Å². The minimum absolute atomic E-state index is 0.0686. The van der Waals surface area contributed by atoms with Gasteiger partial charge in [0.05, 0.1) is 15.4 Å². The summed E-state index contributed by atoms with van der Waals surface area (Å²) in [6, 6.07) is 6.97. The smallest absolute Gasteiger partial charge is 0.335 e. The van der Waals surface area contributed by atoms with Gasteiger partial charge in [-0.2, -0.15) is 0 Å². The number of nitrogens with zero attached hydrogens (tertiary/aromatic N) is 2. The standard InChI is InChI=1S/C12H7ClN2O4S/c13-8-1-2-10(9(6-8)15(18)19)20-11-5-7(12(16)17)3-4-14-11/h1-6H,(H,16,17). The van der Waals surface area contributed by atoms with Crippen molar-refractivity contribution in [2.75, 3.05) is 0 Å². The van der Waals surface area contributed by atoms with Crippen LogP contribution >= 0.6 is 23.4 Å². The van der Waals surface area contributed by atoms with Gasteiger partial charge in [0, 0.05) is 17.3 Å². The Morgan fingerprint density at radius 1 is 1.35 bits per heavy atom. The molecule has 20 heavy (non-hydrogen) atoms. The topological polar surface area (TPSA) is 93.3 Å². The Bertz CT molecular complexity index is 693. The molecule has 6 nitrogen and oxygen atoms in total. The Labute approximate surface area is 122 Å². The number of aromatic carboxylic acids is 1. The summed E-state index contributed by atoms with van der Waals surface area (Å²) in [7, 11) is 0. The molecular weight excluding hydrogens is 304 g/mol. The maximum atomic E-state index is 11.0. The van der Waals surface area contributed by atoms with E-state index in [2.05, 4.69) is 4.98 Å². The number of carboxylic acid groups (broad SMARTS) is 1. The first-order valence-electron chi connectivity index (χ1n) is 5.28. The first kappa shape index (κ1) is 14.3. The van der Waals surface area contributed by atoms with Crippen molar-refractivity contribution in [2.24, 2.45) is 0 Å². The number of hydrogen-bond acceptors (Lipinski definition) is 5. The van der Waals surface area contributed by atoms with Gasteiger partial charge in [-0.05, 0) is 24.3 Å². The number of carbonyl (C=O) groups is 1. The van der Waals surface area contributed by atoms with Gasteiger partial charge in [-0.3, -0.25) is 10.1 Å². The fourth-order valence-corrected chi connectivity index (χ4v) is 2.50. The zero-order valence-electron chi connectivity index (χ0n) is 9.82. The molecule has 2 rings (SSSR count). The molecule has 0 atom stereocenters. The number of aromatic nitrogens is 1. The van der Waals surface area contributed by atoms with Gasteiger partial charge in [-0.1, -0.05) is 23.4 Å². The van der Waals surface area contributed by atoms with E-state index in [1.165, 1.54) is 36.5 Å². The lowest BCUT2D eigenvalue weighted by atomic mass is 10.3. The normalized spacial score (nSPS) is 10.2. The maximum Gasteiger partial charge on any atom is 0.335 e. The van der Waals surface area contributed by atoms with Gasteiger partial charge in [0.15, 0.2) is 0 Å². The zero-order valence-corrected chi connectivity index (χ0v) is 11.4. The van der Waals surface area contributed by atoms with E-state index >= 15 is 0 Å². The molecule has 0 amide bonds. The lowest BCUT2D eigenvalue weighted by Crippen LogP contribution is -1.97. The molecule has 0 spiro atoms. The molecule has 0 unspecified atom stereocenters. The lowest BCUT2D eigenvalue weighted by molar-refractivity contribution is -0.387. The van der Waals surface area contributed by atoms with E-state index in [1.54, 1.807) is 0 Å². The molecule has 1 N–H and O–H groups in total. The van der Waals surface area contributed by atoms with E-state index < -0.39 is 10.9 Å². The van der Waals surface area contributed by atoms with Gasteiger partial charge in [-0.15, -0.1) is 0 Å². The third-order valence-electron chi connectivity index (χ3n) is 2.31. The van der Waals surface area contributed by atoms with E-state index in [0.29, 0.717) is 9.92 Å². The Morgan fingerprint density at radius 3 is 2.75 bits per heavy atom. The van der Waals surface area contributed by atoms with Crippen LogP contribution in [0.25, 0.3) is 0 Å². The number of halogens is 1. The van der Waals surface area contributed by atoms with Crippen LogP contribution in [0, 0.1) is 10.1 Å². The van der Waals surface area contributed by atoms with Gasteiger partial charge in [0.25, 0.3) is 5.69 Å². The molecule has 1 aromatic heterocycles. The van der Waals surface area contributed by atoms with E-state index in [-0.39, 0.29) is 16.3 Å². The molecule has 0 aliphatic heterocycles. The lowest BCUT2D eigenvalue weighted by Gasteiger charge is -2.03. The summed E-state index contributed by atoms with van der Waals surface area (Å²) in [4.78, 5) is 25.6. The first-order chi connectivity index (χ1) is 9.47. The monoisotopic (exact) mass is 310 g/mol. The molecule has 0 aliphatic rings. The van der Waals surface area contributed by atoms with E-state index in [1.807, 2.05) is 0 Å². The molecule has 0 saturated heterocycles. The van der Waals surface area contributed by atoms with Gasteiger partial charge in [-0.25, -0.2) is 9.78 Å². The predicted octanol–water partition coefficient (Wildman–Crippen LogP) is 3.49. The van der Waals surface area contributed by atoms with Gasteiger partial charge >= 0.3 is 5.97 Å². The Morgan fingerprint density at radius 2 is 2.10 bits per heavy atom. The molecule has 102 valence electrons. The molecule has 1 heterocycles. The fourth-order valence-electron chi connectivity index (χ4n) is 1.43. The van der Waals surface area contributed by atoms with Crippen LogP contribution in [0.1, 0.15) is 10.4 Å². The predicted molar refractivity (Wildman–Crippen MR) is 73.4 cm³/mol. The molecule has 0 bridgehead atoms. The van der Waals surface area contributed by atoms with E-state index in [0.717, 1.165) is 11.8 Å². The van der Waals surface area contributed by atoms with Crippen molar-refractivity contribution in [3.8, 4) is 0 Å². The number of carboxylic acids is 1. The molecule has 0 saturated carbocycles. The minimum atomic E-state index is -1.08.